The number of carbonyl (C=O) groups is 2. The van der Waals surface area contributed by atoms with E-state index in [4.69, 9.17) is 0 Å². The van der Waals surface area contributed by atoms with Gasteiger partial charge in [-0.1, -0.05) is 0 Å². The largest absolute Gasteiger partial charge is 0.342 e. The van der Waals surface area contributed by atoms with Crippen LogP contribution in [0.5, 0.6) is 0 Å². The lowest BCUT2D eigenvalue weighted by Crippen LogP contribution is -2.37. The number of carbonyl (C=O) groups excluding carboxylic acids is 2. The highest BCUT2D eigenvalue weighted by Crippen LogP contribution is 2.36. The fraction of sp³-hybridized carbons (Fsp3) is 0.611. The highest BCUT2D eigenvalue weighted by molar-refractivity contribution is 5.89. The summed E-state index contributed by atoms with van der Waals surface area (Å²) in [7, 11) is 0. The summed E-state index contributed by atoms with van der Waals surface area (Å²) in [6.45, 7) is 2.28. The fourth-order valence-electron chi connectivity index (χ4n) is 3.92. The Labute approximate surface area is 136 Å². The average molecular weight is 313 g/mol. The van der Waals surface area contributed by atoms with Crippen molar-refractivity contribution in [1.82, 2.24) is 14.8 Å². The Morgan fingerprint density at radius 2 is 2.00 bits per heavy atom. The van der Waals surface area contributed by atoms with Gasteiger partial charge in [0.15, 0.2) is 0 Å². The number of hydrogen-bond donors (Lipinski definition) is 0. The van der Waals surface area contributed by atoms with E-state index in [2.05, 4.69) is 4.98 Å². The van der Waals surface area contributed by atoms with Crippen LogP contribution in [0, 0.1) is 11.8 Å². The van der Waals surface area contributed by atoms with Gasteiger partial charge in [-0.3, -0.25) is 14.6 Å². The summed E-state index contributed by atoms with van der Waals surface area (Å²) in [5.74, 6) is 0.860. The summed E-state index contributed by atoms with van der Waals surface area (Å²) in [6, 6.07) is 4.14. The minimum Gasteiger partial charge on any atom is -0.342 e. The second-order valence-electron chi connectivity index (χ2n) is 7.11. The van der Waals surface area contributed by atoms with Gasteiger partial charge < -0.3 is 9.80 Å². The molecule has 0 aromatic carbocycles. The molecule has 122 valence electrons. The Balaban J connectivity index is 1.44. The Morgan fingerprint density at radius 1 is 1.22 bits per heavy atom. The molecule has 2 saturated heterocycles. The predicted octanol–water partition coefficient (Wildman–Crippen LogP) is 2.00. The first-order valence-corrected chi connectivity index (χ1v) is 8.70. The summed E-state index contributed by atoms with van der Waals surface area (Å²) < 4.78 is 0. The van der Waals surface area contributed by atoms with Crippen LogP contribution in [0.15, 0.2) is 24.5 Å². The SMILES string of the molecule is O=C1CC(C(=O)N2CCCC2c2ccncc2)CN1CC1CC1. The van der Waals surface area contributed by atoms with E-state index in [9.17, 15) is 9.59 Å². The Kier molecular flexibility index (Phi) is 3.79. The molecule has 1 aromatic rings. The molecule has 3 heterocycles. The monoisotopic (exact) mass is 313 g/mol. The molecule has 5 nitrogen and oxygen atoms in total. The van der Waals surface area contributed by atoms with Crippen molar-refractivity contribution >= 4 is 11.8 Å². The van der Waals surface area contributed by atoms with Crippen LogP contribution in [0.2, 0.25) is 0 Å². The van der Waals surface area contributed by atoms with E-state index in [1.807, 2.05) is 21.9 Å². The maximum absolute atomic E-state index is 13.0. The zero-order valence-electron chi connectivity index (χ0n) is 13.4. The smallest absolute Gasteiger partial charge is 0.228 e. The minimum atomic E-state index is -0.149. The van der Waals surface area contributed by atoms with Gasteiger partial charge >= 0.3 is 0 Å². The first-order valence-electron chi connectivity index (χ1n) is 8.70. The maximum atomic E-state index is 13.0. The number of pyridine rings is 1. The molecule has 2 aliphatic heterocycles. The number of amides is 2. The number of nitrogens with zero attached hydrogens (tertiary/aromatic N) is 3. The van der Waals surface area contributed by atoms with E-state index >= 15 is 0 Å². The van der Waals surface area contributed by atoms with E-state index in [1.165, 1.54) is 12.8 Å². The van der Waals surface area contributed by atoms with Gasteiger partial charge in [0.05, 0.1) is 12.0 Å². The molecular weight excluding hydrogens is 290 g/mol. The maximum Gasteiger partial charge on any atom is 0.228 e. The van der Waals surface area contributed by atoms with Gasteiger partial charge in [-0.15, -0.1) is 0 Å². The van der Waals surface area contributed by atoms with Gasteiger partial charge in [0.1, 0.15) is 0 Å². The third-order valence-electron chi connectivity index (χ3n) is 5.37. The molecule has 23 heavy (non-hydrogen) atoms. The number of rotatable bonds is 4. The van der Waals surface area contributed by atoms with Crippen LogP contribution in [-0.2, 0) is 9.59 Å². The van der Waals surface area contributed by atoms with Crippen molar-refractivity contribution in [2.75, 3.05) is 19.6 Å². The van der Waals surface area contributed by atoms with Gasteiger partial charge in [-0.2, -0.15) is 0 Å². The van der Waals surface area contributed by atoms with E-state index in [1.54, 1.807) is 12.4 Å². The zero-order valence-corrected chi connectivity index (χ0v) is 13.4. The van der Waals surface area contributed by atoms with Crippen LogP contribution >= 0.6 is 0 Å². The molecule has 1 aromatic heterocycles. The Hall–Kier alpha value is -1.91. The zero-order chi connectivity index (χ0) is 15.8. The minimum absolute atomic E-state index is 0.149. The van der Waals surface area contributed by atoms with Crippen LogP contribution in [0.4, 0.5) is 0 Å². The van der Waals surface area contributed by atoms with Crippen molar-refractivity contribution in [2.24, 2.45) is 11.8 Å². The lowest BCUT2D eigenvalue weighted by molar-refractivity contribution is -0.136. The quantitative estimate of drug-likeness (QED) is 0.854. The van der Waals surface area contributed by atoms with Crippen molar-refractivity contribution < 1.29 is 9.59 Å². The second-order valence-corrected chi connectivity index (χ2v) is 7.11. The summed E-state index contributed by atoms with van der Waals surface area (Å²) >= 11 is 0. The van der Waals surface area contributed by atoms with Gasteiger partial charge in [0.2, 0.25) is 11.8 Å². The molecule has 0 bridgehead atoms. The summed E-state index contributed by atoms with van der Waals surface area (Å²) in [4.78, 5) is 33.1. The molecule has 0 radical (unpaired) electrons. The van der Waals surface area contributed by atoms with Crippen LogP contribution in [0.1, 0.15) is 43.7 Å². The molecule has 2 atom stereocenters. The molecule has 2 unspecified atom stereocenters. The van der Waals surface area contributed by atoms with E-state index in [0.717, 1.165) is 31.5 Å². The molecule has 5 heteroatoms. The number of aromatic nitrogens is 1. The van der Waals surface area contributed by atoms with Crippen molar-refractivity contribution in [3.8, 4) is 0 Å². The summed E-state index contributed by atoms with van der Waals surface area (Å²) in [5, 5.41) is 0. The van der Waals surface area contributed by atoms with Gasteiger partial charge in [0, 0.05) is 38.4 Å². The van der Waals surface area contributed by atoms with Crippen molar-refractivity contribution in [3.05, 3.63) is 30.1 Å². The third-order valence-corrected chi connectivity index (χ3v) is 5.37. The van der Waals surface area contributed by atoms with Crippen molar-refractivity contribution in [1.29, 1.82) is 0 Å². The van der Waals surface area contributed by atoms with Crippen molar-refractivity contribution in [3.63, 3.8) is 0 Å². The summed E-state index contributed by atoms with van der Waals surface area (Å²) in [6.07, 6.45) is 8.47. The van der Waals surface area contributed by atoms with E-state index in [0.29, 0.717) is 18.9 Å². The molecule has 0 N–H and O–H groups in total. The predicted molar refractivity (Wildman–Crippen MR) is 85.3 cm³/mol. The van der Waals surface area contributed by atoms with Crippen LogP contribution < -0.4 is 0 Å². The fourth-order valence-corrected chi connectivity index (χ4v) is 3.92. The number of hydrogen-bond acceptors (Lipinski definition) is 3. The number of likely N-dealkylation sites (tertiary alicyclic amines) is 2. The highest BCUT2D eigenvalue weighted by atomic mass is 16.2. The molecule has 1 aliphatic carbocycles. The van der Waals surface area contributed by atoms with E-state index in [-0.39, 0.29) is 23.8 Å². The third kappa shape index (κ3) is 2.96. The van der Waals surface area contributed by atoms with E-state index < -0.39 is 0 Å². The molecule has 4 rings (SSSR count). The normalized spacial score (nSPS) is 27.7. The Morgan fingerprint density at radius 3 is 2.74 bits per heavy atom. The standard InChI is InChI=1S/C18H23N3O2/c22-17-10-15(12-20(17)11-13-3-4-13)18(23)21-9-1-2-16(21)14-5-7-19-8-6-14/h5-8,13,15-16H,1-4,9-12H2. The van der Waals surface area contributed by atoms with Gasteiger partial charge in [-0.05, 0) is 49.3 Å². The van der Waals surface area contributed by atoms with Crippen LogP contribution in [0.3, 0.4) is 0 Å². The first kappa shape index (κ1) is 14.7. The molecule has 2 amide bonds. The molecule has 3 fully saturated rings. The van der Waals surface area contributed by atoms with Gasteiger partial charge in [0.25, 0.3) is 0 Å². The lowest BCUT2D eigenvalue weighted by Gasteiger charge is -2.27. The summed E-state index contributed by atoms with van der Waals surface area (Å²) in [5.41, 5.74) is 1.16. The highest BCUT2D eigenvalue weighted by Gasteiger charge is 2.41. The molecule has 3 aliphatic rings. The Bertz CT molecular complexity index is 600. The molecular formula is C18H23N3O2. The second kappa shape index (κ2) is 5.95. The average Bonchev–Trinajstić information content (AvgIpc) is 3.12. The van der Waals surface area contributed by atoms with Gasteiger partial charge in [-0.25, -0.2) is 0 Å². The molecule has 0 spiro atoms. The lowest BCUT2D eigenvalue weighted by atomic mass is 10.0. The van der Waals surface area contributed by atoms with Crippen LogP contribution in [-0.4, -0.2) is 46.2 Å². The molecule has 1 saturated carbocycles. The van der Waals surface area contributed by atoms with Crippen LogP contribution in [0.25, 0.3) is 0 Å². The van der Waals surface area contributed by atoms with Crippen molar-refractivity contribution in [2.45, 2.75) is 38.1 Å². The first-order chi connectivity index (χ1) is 11.2. The topological polar surface area (TPSA) is 53.5 Å².